The summed E-state index contributed by atoms with van der Waals surface area (Å²) >= 11 is 0. The molecule has 0 heterocycles. The minimum atomic E-state index is -1.01. The number of hydrogen-bond donors (Lipinski definition) is 2. The topological polar surface area (TPSA) is 83.8 Å². The van der Waals surface area contributed by atoms with Gasteiger partial charge >= 0.3 is 11.9 Å². The molecule has 162 valence electrons. The smallest absolute Gasteiger partial charge is 0.328 e. The van der Waals surface area contributed by atoms with Crippen molar-refractivity contribution in [1.29, 1.82) is 0 Å². The molecule has 0 bridgehead atoms. The molecular weight excluding hydrogens is 368 g/mol. The van der Waals surface area contributed by atoms with Crippen molar-refractivity contribution in [2.75, 3.05) is 0 Å². The average molecular weight is 405 g/mol. The van der Waals surface area contributed by atoms with E-state index < -0.39 is 11.6 Å². The van der Waals surface area contributed by atoms with Gasteiger partial charge in [-0.15, -0.1) is 0 Å². The van der Waals surface area contributed by atoms with Crippen molar-refractivity contribution < 1.29 is 24.5 Å². The standard InChI is InChI=1S/C24H36O5/c1-15(25)29-17-6-10-22(2)16(14-17)4-5-18-19(22)7-11-23(3)20(18)8-12-24(23,28)13-9-21(26)27/h9,13,16-20,28H,4-8,10-12,14H2,1-3H3,(H,26,27)/b13-9+/t16-,17-,18+,19-,20-,22-,23-,24+/m0/s1. The van der Waals surface area contributed by atoms with Crippen molar-refractivity contribution in [3.63, 3.8) is 0 Å². The van der Waals surface area contributed by atoms with Gasteiger partial charge in [0.25, 0.3) is 0 Å². The second-order valence-corrected chi connectivity index (χ2v) is 10.8. The predicted molar refractivity (Wildman–Crippen MR) is 109 cm³/mol. The van der Waals surface area contributed by atoms with E-state index in [9.17, 15) is 14.7 Å². The van der Waals surface area contributed by atoms with Crippen LogP contribution < -0.4 is 0 Å². The fourth-order valence-corrected chi connectivity index (χ4v) is 8.09. The molecule has 0 spiro atoms. The number of hydrogen-bond acceptors (Lipinski definition) is 4. The maximum atomic E-state index is 11.4. The van der Waals surface area contributed by atoms with Gasteiger partial charge in [0.15, 0.2) is 0 Å². The summed E-state index contributed by atoms with van der Waals surface area (Å²) in [7, 11) is 0. The van der Waals surface area contributed by atoms with Crippen LogP contribution in [0.2, 0.25) is 0 Å². The Hall–Kier alpha value is -1.36. The first-order valence-corrected chi connectivity index (χ1v) is 11.4. The molecular formula is C24H36O5. The van der Waals surface area contributed by atoms with E-state index in [-0.39, 0.29) is 17.5 Å². The minimum absolute atomic E-state index is 0.0775. The first-order valence-electron chi connectivity index (χ1n) is 11.4. The van der Waals surface area contributed by atoms with Crippen molar-refractivity contribution in [2.45, 2.75) is 90.3 Å². The molecule has 4 aliphatic rings. The van der Waals surface area contributed by atoms with Crippen molar-refractivity contribution in [3.8, 4) is 0 Å². The van der Waals surface area contributed by atoms with Crippen LogP contribution in [0.4, 0.5) is 0 Å². The average Bonchev–Trinajstić information content (AvgIpc) is 2.92. The fourth-order valence-electron chi connectivity index (χ4n) is 8.09. The molecule has 4 rings (SSSR count). The summed E-state index contributed by atoms with van der Waals surface area (Å²) in [4.78, 5) is 22.5. The number of rotatable bonds is 3. The number of aliphatic hydroxyl groups is 1. The number of esters is 1. The first kappa shape index (κ1) is 20.9. The summed E-state index contributed by atoms with van der Waals surface area (Å²) in [5.41, 5.74) is -0.956. The second-order valence-electron chi connectivity index (χ2n) is 10.8. The third-order valence-corrected chi connectivity index (χ3v) is 9.67. The van der Waals surface area contributed by atoms with Crippen molar-refractivity contribution >= 4 is 11.9 Å². The highest BCUT2D eigenvalue weighted by atomic mass is 16.5. The van der Waals surface area contributed by atoms with E-state index in [1.54, 1.807) is 6.08 Å². The predicted octanol–water partition coefficient (Wildman–Crippen LogP) is 4.33. The van der Waals surface area contributed by atoms with Crippen LogP contribution in [0.1, 0.15) is 78.6 Å². The Bertz CT molecular complexity index is 716. The van der Waals surface area contributed by atoms with Gasteiger partial charge in [-0.05, 0) is 93.0 Å². The minimum Gasteiger partial charge on any atom is -0.478 e. The van der Waals surface area contributed by atoms with Crippen molar-refractivity contribution in [2.24, 2.45) is 34.5 Å². The highest BCUT2D eigenvalue weighted by Crippen LogP contribution is 2.68. The van der Waals surface area contributed by atoms with E-state index in [4.69, 9.17) is 9.84 Å². The Morgan fingerprint density at radius 3 is 2.41 bits per heavy atom. The van der Waals surface area contributed by atoms with Gasteiger partial charge in [0.1, 0.15) is 6.10 Å². The monoisotopic (exact) mass is 404 g/mol. The molecule has 29 heavy (non-hydrogen) atoms. The normalized spacial score (nSPS) is 49.2. The van der Waals surface area contributed by atoms with E-state index in [0.29, 0.717) is 35.5 Å². The van der Waals surface area contributed by atoms with Gasteiger partial charge < -0.3 is 14.9 Å². The molecule has 0 aliphatic heterocycles. The molecule has 0 aromatic heterocycles. The summed E-state index contributed by atoms with van der Waals surface area (Å²) in [5, 5.41) is 20.5. The summed E-state index contributed by atoms with van der Waals surface area (Å²) < 4.78 is 5.55. The second kappa shape index (κ2) is 7.11. The Kier molecular flexibility index (Phi) is 5.12. The molecule has 0 radical (unpaired) electrons. The number of carbonyl (C=O) groups is 2. The molecule has 4 saturated carbocycles. The lowest BCUT2D eigenvalue weighted by Gasteiger charge is -2.61. The zero-order chi connectivity index (χ0) is 21.0. The maximum absolute atomic E-state index is 11.4. The van der Waals surface area contributed by atoms with E-state index in [0.717, 1.165) is 44.6 Å². The lowest BCUT2D eigenvalue weighted by Crippen LogP contribution is -2.56. The van der Waals surface area contributed by atoms with E-state index in [1.165, 1.54) is 19.8 Å². The van der Waals surface area contributed by atoms with Crippen LogP contribution in [0, 0.1) is 34.5 Å². The summed E-state index contributed by atoms with van der Waals surface area (Å²) in [6.45, 7) is 6.17. The molecule has 0 saturated heterocycles. The lowest BCUT2D eigenvalue weighted by atomic mass is 9.44. The Morgan fingerprint density at radius 2 is 1.72 bits per heavy atom. The molecule has 0 unspecified atom stereocenters. The third-order valence-electron chi connectivity index (χ3n) is 9.67. The van der Waals surface area contributed by atoms with Gasteiger partial charge in [0.05, 0.1) is 5.60 Å². The Balaban J connectivity index is 1.54. The molecule has 4 fully saturated rings. The van der Waals surface area contributed by atoms with Crippen molar-refractivity contribution in [1.82, 2.24) is 0 Å². The zero-order valence-electron chi connectivity index (χ0n) is 18.0. The maximum Gasteiger partial charge on any atom is 0.328 e. The molecule has 8 atom stereocenters. The largest absolute Gasteiger partial charge is 0.478 e. The quantitative estimate of drug-likeness (QED) is 0.540. The van der Waals surface area contributed by atoms with Gasteiger partial charge in [-0.3, -0.25) is 4.79 Å². The number of ether oxygens (including phenoxy) is 1. The summed E-state index contributed by atoms with van der Waals surface area (Å²) in [6.07, 6.45) is 11.9. The molecule has 2 N–H and O–H groups in total. The fraction of sp³-hybridized carbons (Fsp3) is 0.833. The van der Waals surface area contributed by atoms with E-state index in [2.05, 4.69) is 13.8 Å². The van der Waals surface area contributed by atoms with E-state index in [1.807, 2.05) is 0 Å². The number of carboxylic acid groups (broad SMARTS) is 1. The van der Waals surface area contributed by atoms with Crippen molar-refractivity contribution in [3.05, 3.63) is 12.2 Å². The van der Waals surface area contributed by atoms with Crippen LogP contribution in [0.3, 0.4) is 0 Å². The number of fused-ring (bicyclic) bond motifs is 5. The lowest BCUT2D eigenvalue weighted by molar-refractivity contribution is -0.164. The molecule has 5 heteroatoms. The highest BCUT2D eigenvalue weighted by Gasteiger charge is 2.64. The van der Waals surface area contributed by atoms with Gasteiger partial charge in [-0.25, -0.2) is 4.79 Å². The highest BCUT2D eigenvalue weighted by molar-refractivity contribution is 5.80. The SMILES string of the molecule is CC(=O)O[C@H]1CC[C@@]2(C)[C@@H](CC[C@@H]3[C@@H]2CC[C@@]2(C)[C@H]3CC[C@@]2(O)/C=C/C(=O)O)C1. The van der Waals surface area contributed by atoms with Gasteiger partial charge in [-0.2, -0.15) is 0 Å². The van der Waals surface area contributed by atoms with Crippen LogP contribution in [-0.4, -0.2) is 33.9 Å². The van der Waals surface area contributed by atoms with Gasteiger partial charge in [0.2, 0.25) is 0 Å². The molecule has 0 aromatic rings. The van der Waals surface area contributed by atoms with Crippen LogP contribution in [0.15, 0.2) is 12.2 Å². The van der Waals surface area contributed by atoms with Gasteiger partial charge in [0, 0.05) is 18.4 Å². The molecule has 5 nitrogen and oxygen atoms in total. The third kappa shape index (κ3) is 3.24. The number of aliphatic carboxylic acids is 1. The van der Waals surface area contributed by atoms with Crippen LogP contribution >= 0.6 is 0 Å². The Labute approximate surface area is 173 Å². The zero-order valence-corrected chi connectivity index (χ0v) is 18.0. The first-order chi connectivity index (χ1) is 13.6. The molecule has 0 amide bonds. The molecule has 4 aliphatic carbocycles. The molecule has 0 aromatic carbocycles. The summed E-state index contributed by atoms with van der Waals surface area (Å²) in [5.74, 6) is 1.17. The van der Waals surface area contributed by atoms with E-state index >= 15 is 0 Å². The number of carbonyl (C=O) groups excluding carboxylic acids is 1. The van der Waals surface area contributed by atoms with Gasteiger partial charge in [-0.1, -0.05) is 13.8 Å². The summed E-state index contributed by atoms with van der Waals surface area (Å²) in [6, 6.07) is 0. The number of carboxylic acids is 1. The Morgan fingerprint density at radius 1 is 1.00 bits per heavy atom. The van der Waals surface area contributed by atoms with Crippen LogP contribution in [0.25, 0.3) is 0 Å². The van der Waals surface area contributed by atoms with Crippen LogP contribution in [0.5, 0.6) is 0 Å². The van der Waals surface area contributed by atoms with Crippen LogP contribution in [-0.2, 0) is 14.3 Å².